The number of hydrogen-bond donors (Lipinski definition) is 1. The number of anilines is 1. The van der Waals surface area contributed by atoms with Gasteiger partial charge in [-0.1, -0.05) is 35.9 Å². The van der Waals surface area contributed by atoms with Crippen molar-refractivity contribution in [2.75, 3.05) is 18.0 Å². The van der Waals surface area contributed by atoms with Crippen molar-refractivity contribution in [3.63, 3.8) is 0 Å². The minimum Gasteiger partial charge on any atom is -0.364 e. The molecule has 0 aliphatic carbocycles. The number of nitrogens with one attached hydrogen (secondary N) is 1. The van der Waals surface area contributed by atoms with Crippen LogP contribution in [-0.2, 0) is 6.54 Å². The summed E-state index contributed by atoms with van der Waals surface area (Å²) in [7, 11) is 0. The number of aryl methyl sites for hydroxylation is 1. The van der Waals surface area contributed by atoms with E-state index in [2.05, 4.69) is 53.5 Å². The molecule has 2 aromatic carbocycles. The first-order valence-electron chi connectivity index (χ1n) is 8.01. The van der Waals surface area contributed by atoms with Gasteiger partial charge in [-0.3, -0.25) is 0 Å². The van der Waals surface area contributed by atoms with E-state index in [9.17, 15) is 0 Å². The maximum atomic E-state index is 6.01. The van der Waals surface area contributed by atoms with E-state index in [1.165, 1.54) is 29.7 Å². The smallest absolute Gasteiger partial charge is 0.0432 e. The van der Waals surface area contributed by atoms with Crippen LogP contribution in [0.4, 0.5) is 5.69 Å². The fourth-order valence-corrected chi connectivity index (χ4v) is 3.27. The summed E-state index contributed by atoms with van der Waals surface area (Å²) in [4.78, 5) is 2.55. The Balaban J connectivity index is 1.86. The van der Waals surface area contributed by atoms with Crippen LogP contribution in [-0.4, -0.2) is 19.1 Å². The van der Waals surface area contributed by atoms with Crippen LogP contribution in [0.1, 0.15) is 24.0 Å². The first kappa shape index (κ1) is 15.4. The Kier molecular flexibility index (Phi) is 5.01. The van der Waals surface area contributed by atoms with Crippen LogP contribution in [0.5, 0.6) is 0 Å². The molecule has 3 heteroatoms. The van der Waals surface area contributed by atoms with E-state index < -0.39 is 0 Å². The van der Waals surface area contributed by atoms with Crippen LogP contribution < -0.4 is 10.2 Å². The third-order valence-corrected chi connectivity index (χ3v) is 4.60. The average Bonchev–Trinajstić information content (AvgIpc) is 2.55. The van der Waals surface area contributed by atoms with E-state index in [0.717, 1.165) is 24.7 Å². The van der Waals surface area contributed by atoms with Crippen molar-refractivity contribution in [3.8, 4) is 0 Å². The van der Waals surface area contributed by atoms with Gasteiger partial charge in [0.05, 0.1) is 0 Å². The first-order chi connectivity index (χ1) is 10.7. The standard InChI is InChI=1S/C19H23ClN2/c1-15-3-2-4-19(13-15)22(18-9-11-21-12-10-18)14-16-5-7-17(20)8-6-16/h2-8,13,18,21H,9-12,14H2,1H3. The fraction of sp³-hybridized carbons (Fsp3) is 0.368. The Morgan fingerprint density at radius 2 is 1.82 bits per heavy atom. The van der Waals surface area contributed by atoms with Gasteiger partial charge in [-0.05, 0) is 68.2 Å². The Labute approximate surface area is 138 Å². The zero-order chi connectivity index (χ0) is 15.4. The highest BCUT2D eigenvalue weighted by molar-refractivity contribution is 6.30. The van der Waals surface area contributed by atoms with Gasteiger partial charge in [0.2, 0.25) is 0 Å². The SMILES string of the molecule is Cc1cccc(N(Cc2ccc(Cl)cc2)C2CCNCC2)c1. The lowest BCUT2D eigenvalue weighted by molar-refractivity contribution is 0.428. The van der Waals surface area contributed by atoms with Crippen molar-refractivity contribution in [2.45, 2.75) is 32.4 Å². The Bertz CT molecular complexity index is 603. The Morgan fingerprint density at radius 1 is 1.09 bits per heavy atom. The molecule has 3 rings (SSSR count). The molecule has 0 aromatic heterocycles. The van der Waals surface area contributed by atoms with Crippen LogP contribution in [0.25, 0.3) is 0 Å². The van der Waals surface area contributed by atoms with E-state index in [0.29, 0.717) is 6.04 Å². The van der Waals surface area contributed by atoms with Gasteiger partial charge in [0.1, 0.15) is 0 Å². The van der Waals surface area contributed by atoms with E-state index in [4.69, 9.17) is 11.6 Å². The largest absolute Gasteiger partial charge is 0.364 e. The second kappa shape index (κ2) is 7.17. The van der Waals surface area contributed by atoms with Crippen molar-refractivity contribution >= 4 is 17.3 Å². The highest BCUT2D eigenvalue weighted by Crippen LogP contribution is 2.25. The van der Waals surface area contributed by atoms with Crippen molar-refractivity contribution in [2.24, 2.45) is 0 Å². The third-order valence-electron chi connectivity index (χ3n) is 4.35. The molecule has 1 aliphatic heterocycles. The van der Waals surface area contributed by atoms with Gasteiger partial charge in [-0.2, -0.15) is 0 Å². The lowest BCUT2D eigenvalue weighted by Crippen LogP contribution is -2.43. The molecular weight excluding hydrogens is 292 g/mol. The summed E-state index contributed by atoms with van der Waals surface area (Å²) in [6.45, 7) is 5.30. The molecule has 0 saturated carbocycles. The summed E-state index contributed by atoms with van der Waals surface area (Å²) in [6, 6.07) is 17.6. The maximum Gasteiger partial charge on any atom is 0.0432 e. The quantitative estimate of drug-likeness (QED) is 0.899. The number of rotatable bonds is 4. The molecule has 0 radical (unpaired) electrons. The van der Waals surface area contributed by atoms with Gasteiger partial charge in [0.15, 0.2) is 0 Å². The van der Waals surface area contributed by atoms with E-state index >= 15 is 0 Å². The van der Waals surface area contributed by atoms with Gasteiger partial charge >= 0.3 is 0 Å². The van der Waals surface area contributed by atoms with E-state index in [1.807, 2.05) is 12.1 Å². The van der Waals surface area contributed by atoms with E-state index in [-0.39, 0.29) is 0 Å². The summed E-state index contributed by atoms with van der Waals surface area (Å²) in [5.41, 5.74) is 3.94. The molecule has 22 heavy (non-hydrogen) atoms. The predicted molar refractivity (Wildman–Crippen MR) is 94.7 cm³/mol. The monoisotopic (exact) mass is 314 g/mol. The summed E-state index contributed by atoms with van der Waals surface area (Å²) >= 11 is 6.01. The second-order valence-electron chi connectivity index (χ2n) is 6.07. The molecule has 1 saturated heterocycles. The Morgan fingerprint density at radius 3 is 2.50 bits per heavy atom. The molecule has 1 N–H and O–H groups in total. The molecule has 0 unspecified atom stereocenters. The Hall–Kier alpha value is -1.51. The summed E-state index contributed by atoms with van der Waals surface area (Å²) in [5, 5.41) is 4.26. The number of hydrogen-bond acceptors (Lipinski definition) is 2. The second-order valence-corrected chi connectivity index (χ2v) is 6.51. The van der Waals surface area contributed by atoms with Crippen LogP contribution in [0.2, 0.25) is 5.02 Å². The molecule has 0 spiro atoms. The van der Waals surface area contributed by atoms with Crippen LogP contribution >= 0.6 is 11.6 Å². The van der Waals surface area contributed by atoms with Gasteiger partial charge in [0, 0.05) is 23.3 Å². The predicted octanol–water partition coefficient (Wildman–Crippen LogP) is 4.41. The van der Waals surface area contributed by atoms with Crippen LogP contribution in [0, 0.1) is 6.92 Å². The first-order valence-corrected chi connectivity index (χ1v) is 8.38. The number of halogens is 1. The highest BCUT2D eigenvalue weighted by atomic mass is 35.5. The molecule has 1 fully saturated rings. The molecule has 0 amide bonds. The average molecular weight is 315 g/mol. The van der Waals surface area contributed by atoms with Gasteiger partial charge in [-0.15, -0.1) is 0 Å². The minimum atomic E-state index is 0.596. The third kappa shape index (κ3) is 3.82. The van der Waals surface area contributed by atoms with Crippen molar-refractivity contribution in [3.05, 3.63) is 64.7 Å². The molecule has 2 nitrogen and oxygen atoms in total. The topological polar surface area (TPSA) is 15.3 Å². The fourth-order valence-electron chi connectivity index (χ4n) is 3.14. The van der Waals surface area contributed by atoms with Crippen LogP contribution in [0.15, 0.2) is 48.5 Å². The summed E-state index contributed by atoms with van der Waals surface area (Å²) in [6.07, 6.45) is 2.39. The zero-order valence-corrected chi connectivity index (χ0v) is 13.8. The highest BCUT2D eigenvalue weighted by Gasteiger charge is 2.21. The van der Waals surface area contributed by atoms with Crippen molar-refractivity contribution < 1.29 is 0 Å². The zero-order valence-electron chi connectivity index (χ0n) is 13.1. The molecule has 1 heterocycles. The lowest BCUT2D eigenvalue weighted by atomic mass is 10.0. The maximum absolute atomic E-state index is 6.01. The van der Waals surface area contributed by atoms with Crippen molar-refractivity contribution in [1.82, 2.24) is 5.32 Å². The van der Waals surface area contributed by atoms with Crippen molar-refractivity contribution in [1.29, 1.82) is 0 Å². The molecule has 0 atom stereocenters. The molecule has 116 valence electrons. The number of benzene rings is 2. The summed E-state index contributed by atoms with van der Waals surface area (Å²) < 4.78 is 0. The van der Waals surface area contributed by atoms with Crippen LogP contribution in [0.3, 0.4) is 0 Å². The normalized spacial score (nSPS) is 15.7. The number of nitrogens with zero attached hydrogens (tertiary/aromatic N) is 1. The lowest BCUT2D eigenvalue weighted by Gasteiger charge is -2.36. The molecule has 1 aliphatic rings. The van der Waals surface area contributed by atoms with Gasteiger partial charge in [0.25, 0.3) is 0 Å². The molecule has 2 aromatic rings. The number of piperidine rings is 1. The molecular formula is C19H23ClN2. The summed E-state index contributed by atoms with van der Waals surface area (Å²) in [5.74, 6) is 0. The van der Waals surface area contributed by atoms with Gasteiger partial charge in [-0.25, -0.2) is 0 Å². The van der Waals surface area contributed by atoms with Gasteiger partial charge < -0.3 is 10.2 Å². The van der Waals surface area contributed by atoms with E-state index in [1.54, 1.807) is 0 Å². The molecule has 0 bridgehead atoms. The minimum absolute atomic E-state index is 0.596.